The molecule has 2 nitrogen and oxygen atoms in total. The minimum Gasteiger partial charge on any atom is -0.483 e. The lowest BCUT2D eigenvalue weighted by Gasteiger charge is -2.04. The number of hydrogen-bond acceptors (Lipinski definition) is 3. The van der Waals surface area contributed by atoms with Crippen molar-refractivity contribution in [3.05, 3.63) is 17.0 Å². The van der Waals surface area contributed by atoms with Crippen molar-refractivity contribution in [2.75, 3.05) is 6.61 Å². The summed E-state index contributed by atoms with van der Waals surface area (Å²) in [4.78, 5) is 10.7. The Morgan fingerprint density at radius 3 is 2.20 bits per heavy atom. The molecule has 1 aromatic heterocycles. The number of unbranched alkanes of at least 4 members (excludes halogenated alkanes) is 9. The van der Waals surface area contributed by atoms with E-state index in [4.69, 9.17) is 4.74 Å². The van der Waals surface area contributed by atoms with Crippen molar-refractivity contribution in [3.63, 3.8) is 0 Å². The van der Waals surface area contributed by atoms with Gasteiger partial charge in [0.1, 0.15) is 0 Å². The molecule has 0 aromatic carbocycles. The van der Waals surface area contributed by atoms with Gasteiger partial charge < -0.3 is 4.74 Å². The van der Waals surface area contributed by atoms with Crippen molar-refractivity contribution in [2.24, 2.45) is 0 Å². The molecular weight excluding hydrogens is 268 g/mol. The normalized spacial score (nSPS) is 10.7. The smallest absolute Gasteiger partial charge is 0.184 e. The predicted molar refractivity (Wildman–Crippen MR) is 87.0 cm³/mol. The van der Waals surface area contributed by atoms with Crippen molar-refractivity contribution < 1.29 is 9.53 Å². The summed E-state index contributed by atoms with van der Waals surface area (Å²) in [5.41, 5.74) is 0.682. The van der Waals surface area contributed by atoms with E-state index in [1.54, 1.807) is 0 Å². The Kier molecular flexibility index (Phi) is 10.3. The van der Waals surface area contributed by atoms with Gasteiger partial charge in [-0.25, -0.2) is 0 Å². The summed E-state index contributed by atoms with van der Waals surface area (Å²) >= 11 is 1.50. The molecule has 114 valence electrons. The molecule has 0 aliphatic carbocycles. The maximum atomic E-state index is 10.7. The summed E-state index contributed by atoms with van der Waals surface area (Å²) in [6.45, 7) is 2.99. The lowest BCUT2D eigenvalue weighted by molar-refractivity contribution is 0.112. The van der Waals surface area contributed by atoms with Crippen molar-refractivity contribution in [1.29, 1.82) is 0 Å². The molecule has 0 saturated carbocycles. The highest BCUT2D eigenvalue weighted by Crippen LogP contribution is 2.24. The summed E-state index contributed by atoms with van der Waals surface area (Å²) in [6.07, 6.45) is 14.2. The quantitative estimate of drug-likeness (QED) is 0.336. The van der Waals surface area contributed by atoms with Crippen molar-refractivity contribution in [2.45, 2.75) is 71.1 Å². The Balaban J connectivity index is 1.86. The minimum atomic E-state index is 0.682. The lowest BCUT2D eigenvalue weighted by Crippen LogP contribution is -1.97. The molecule has 0 spiro atoms. The highest BCUT2D eigenvalue weighted by atomic mass is 32.1. The molecule has 1 heterocycles. The zero-order valence-corrected chi connectivity index (χ0v) is 13.6. The Labute approximate surface area is 127 Å². The monoisotopic (exact) mass is 296 g/mol. The third-order valence-corrected chi connectivity index (χ3v) is 4.36. The number of rotatable bonds is 13. The van der Waals surface area contributed by atoms with Crippen LogP contribution in [-0.2, 0) is 0 Å². The zero-order chi connectivity index (χ0) is 14.5. The highest BCUT2D eigenvalue weighted by Gasteiger charge is 2.03. The largest absolute Gasteiger partial charge is 0.483 e. The van der Waals surface area contributed by atoms with Crippen LogP contribution >= 0.6 is 11.3 Å². The number of hydrogen-bond donors (Lipinski definition) is 0. The van der Waals surface area contributed by atoms with Crippen molar-refractivity contribution in [1.82, 2.24) is 0 Å². The lowest BCUT2D eigenvalue weighted by atomic mass is 10.1. The van der Waals surface area contributed by atoms with Gasteiger partial charge in [-0.2, -0.15) is 0 Å². The zero-order valence-electron chi connectivity index (χ0n) is 12.7. The molecule has 0 fully saturated rings. The van der Waals surface area contributed by atoms with Gasteiger partial charge >= 0.3 is 0 Å². The van der Waals surface area contributed by atoms with Crippen molar-refractivity contribution in [3.8, 4) is 5.06 Å². The molecular formula is C17H28O2S. The second-order valence-electron chi connectivity index (χ2n) is 5.31. The van der Waals surface area contributed by atoms with E-state index in [-0.39, 0.29) is 0 Å². The van der Waals surface area contributed by atoms with Gasteiger partial charge in [-0.1, -0.05) is 64.7 Å². The van der Waals surface area contributed by atoms with Crippen LogP contribution in [0.5, 0.6) is 5.06 Å². The van der Waals surface area contributed by atoms with Gasteiger partial charge in [0.25, 0.3) is 0 Å². The number of carbonyl (C=O) groups excluding carboxylic acids is 1. The molecule has 0 atom stereocenters. The van der Waals surface area contributed by atoms with E-state index in [0.29, 0.717) is 5.56 Å². The summed E-state index contributed by atoms with van der Waals surface area (Å²) in [7, 11) is 0. The minimum absolute atomic E-state index is 0.682. The fourth-order valence-electron chi connectivity index (χ4n) is 2.26. The average molecular weight is 296 g/mol. The molecule has 3 heteroatoms. The second-order valence-corrected chi connectivity index (χ2v) is 6.19. The maximum Gasteiger partial charge on any atom is 0.184 e. The molecule has 0 bridgehead atoms. The number of aldehydes is 1. The maximum absolute atomic E-state index is 10.7. The first-order valence-electron chi connectivity index (χ1n) is 8.04. The van der Waals surface area contributed by atoms with Gasteiger partial charge in [0.15, 0.2) is 11.3 Å². The van der Waals surface area contributed by atoms with Gasteiger partial charge in [0.05, 0.1) is 12.2 Å². The van der Waals surface area contributed by atoms with Crippen LogP contribution in [0.1, 0.15) is 81.5 Å². The third kappa shape index (κ3) is 7.68. The van der Waals surface area contributed by atoms with Crippen LogP contribution in [0.4, 0.5) is 0 Å². The first-order valence-corrected chi connectivity index (χ1v) is 8.92. The van der Waals surface area contributed by atoms with Gasteiger partial charge in [0, 0.05) is 0 Å². The standard InChI is InChI=1S/C17H28O2S/c1-2-3-4-5-6-7-8-9-10-11-13-19-17-16(15-18)12-14-20-17/h12,14-15H,2-11,13H2,1H3. The Morgan fingerprint density at radius 1 is 1.00 bits per heavy atom. The molecule has 0 amide bonds. The van der Waals surface area contributed by atoms with Crippen LogP contribution in [0, 0.1) is 0 Å². The molecule has 0 saturated heterocycles. The molecule has 0 unspecified atom stereocenters. The summed E-state index contributed by atoms with van der Waals surface area (Å²) in [6, 6.07) is 1.81. The van der Waals surface area contributed by atoms with E-state index >= 15 is 0 Å². The fourth-order valence-corrected chi connectivity index (χ4v) is 3.01. The number of ether oxygens (including phenoxy) is 1. The molecule has 1 aromatic rings. The Bertz CT molecular complexity index is 347. The first-order chi connectivity index (χ1) is 9.88. The Hall–Kier alpha value is -0.830. The SMILES string of the molecule is CCCCCCCCCCCCOc1sccc1C=O. The van der Waals surface area contributed by atoms with Crippen LogP contribution in [0.2, 0.25) is 0 Å². The van der Waals surface area contributed by atoms with E-state index in [9.17, 15) is 4.79 Å². The summed E-state index contributed by atoms with van der Waals surface area (Å²) in [5, 5.41) is 2.67. The van der Waals surface area contributed by atoms with Crippen molar-refractivity contribution >= 4 is 17.6 Å². The van der Waals surface area contributed by atoms with E-state index in [0.717, 1.165) is 24.4 Å². The molecule has 0 aliphatic rings. The van der Waals surface area contributed by atoms with E-state index in [1.165, 1.54) is 69.1 Å². The van der Waals surface area contributed by atoms with Crippen LogP contribution in [0.3, 0.4) is 0 Å². The molecule has 0 radical (unpaired) electrons. The number of carbonyl (C=O) groups is 1. The average Bonchev–Trinajstić information content (AvgIpc) is 2.92. The van der Waals surface area contributed by atoms with Crippen LogP contribution in [0.25, 0.3) is 0 Å². The van der Waals surface area contributed by atoms with Gasteiger partial charge in [-0.15, -0.1) is 11.3 Å². The van der Waals surface area contributed by atoms with E-state index in [2.05, 4.69) is 6.92 Å². The second kappa shape index (κ2) is 12.0. The van der Waals surface area contributed by atoms with Gasteiger partial charge in [-0.3, -0.25) is 4.79 Å². The summed E-state index contributed by atoms with van der Waals surface area (Å²) < 4.78 is 5.63. The molecule has 0 N–H and O–H groups in total. The summed E-state index contributed by atoms with van der Waals surface area (Å²) in [5.74, 6) is 0. The first kappa shape index (κ1) is 17.2. The predicted octanol–water partition coefficient (Wildman–Crippen LogP) is 5.86. The highest BCUT2D eigenvalue weighted by molar-refractivity contribution is 7.12. The molecule has 1 rings (SSSR count). The fraction of sp³-hybridized carbons (Fsp3) is 0.706. The van der Waals surface area contributed by atoms with E-state index in [1.807, 2.05) is 11.4 Å². The molecule has 0 aliphatic heterocycles. The topological polar surface area (TPSA) is 26.3 Å². The number of thiophene rings is 1. The molecule has 20 heavy (non-hydrogen) atoms. The van der Waals surface area contributed by atoms with E-state index < -0.39 is 0 Å². The van der Waals surface area contributed by atoms with Crippen LogP contribution in [-0.4, -0.2) is 12.9 Å². The van der Waals surface area contributed by atoms with Gasteiger partial charge in [0.2, 0.25) is 0 Å². The van der Waals surface area contributed by atoms with Gasteiger partial charge in [-0.05, 0) is 17.9 Å². The Morgan fingerprint density at radius 2 is 1.60 bits per heavy atom. The third-order valence-electron chi connectivity index (χ3n) is 3.52. The van der Waals surface area contributed by atoms with Crippen LogP contribution in [0.15, 0.2) is 11.4 Å². The van der Waals surface area contributed by atoms with Crippen LogP contribution < -0.4 is 4.74 Å².